The molecule has 0 bridgehead atoms. The average Bonchev–Trinajstić information content (AvgIpc) is 2.30. The van der Waals surface area contributed by atoms with Crippen molar-refractivity contribution in [3.63, 3.8) is 0 Å². The second-order valence-corrected chi connectivity index (χ2v) is 3.76. The van der Waals surface area contributed by atoms with Crippen LogP contribution < -0.4 is 10.3 Å². The van der Waals surface area contributed by atoms with Crippen molar-refractivity contribution in [3.05, 3.63) is 40.2 Å². The van der Waals surface area contributed by atoms with Gasteiger partial charge in [-0.05, 0) is 25.0 Å². The fraction of sp³-hybridized carbons (Fsp3) is 0.250. The Morgan fingerprint density at radius 3 is 3.07 bits per heavy atom. The van der Waals surface area contributed by atoms with Gasteiger partial charge >= 0.3 is 0 Å². The second-order valence-electron chi connectivity index (χ2n) is 3.76. The summed E-state index contributed by atoms with van der Waals surface area (Å²) < 4.78 is 5.60. The van der Waals surface area contributed by atoms with E-state index in [1.807, 2.05) is 24.3 Å². The lowest BCUT2D eigenvalue weighted by Gasteiger charge is -2.17. The van der Waals surface area contributed by atoms with Crippen LogP contribution in [0.1, 0.15) is 12.0 Å². The number of fused-ring (bicyclic) bond motifs is 3. The summed E-state index contributed by atoms with van der Waals surface area (Å²) in [5.74, 6) is 0.778. The van der Waals surface area contributed by atoms with Crippen LogP contribution in [-0.4, -0.2) is 11.6 Å². The predicted molar refractivity (Wildman–Crippen MR) is 58.4 cm³/mol. The minimum Gasteiger partial charge on any atom is -0.492 e. The summed E-state index contributed by atoms with van der Waals surface area (Å²) >= 11 is 0. The zero-order chi connectivity index (χ0) is 10.3. The SMILES string of the molecule is O=c1[nH]c2ccccc2c2c1CCCO2. The van der Waals surface area contributed by atoms with Gasteiger partial charge in [-0.1, -0.05) is 12.1 Å². The summed E-state index contributed by atoms with van der Waals surface area (Å²) in [6.07, 6.45) is 1.74. The van der Waals surface area contributed by atoms with E-state index >= 15 is 0 Å². The van der Waals surface area contributed by atoms with Crippen LogP contribution in [0.4, 0.5) is 0 Å². The summed E-state index contributed by atoms with van der Waals surface area (Å²) in [6, 6.07) is 7.75. The summed E-state index contributed by atoms with van der Waals surface area (Å²) in [7, 11) is 0. The van der Waals surface area contributed by atoms with Crippen molar-refractivity contribution in [2.24, 2.45) is 0 Å². The van der Waals surface area contributed by atoms with E-state index in [0.717, 1.165) is 35.1 Å². The van der Waals surface area contributed by atoms with Gasteiger partial charge in [0.1, 0.15) is 5.75 Å². The number of para-hydroxylation sites is 1. The molecule has 0 radical (unpaired) electrons. The molecular formula is C12H11NO2. The summed E-state index contributed by atoms with van der Waals surface area (Å²) in [6.45, 7) is 0.709. The average molecular weight is 201 g/mol. The molecular weight excluding hydrogens is 190 g/mol. The Hall–Kier alpha value is -1.77. The molecule has 76 valence electrons. The van der Waals surface area contributed by atoms with E-state index in [1.165, 1.54) is 0 Å². The second kappa shape index (κ2) is 3.12. The van der Waals surface area contributed by atoms with Crippen molar-refractivity contribution in [2.75, 3.05) is 6.61 Å². The molecule has 0 saturated carbocycles. The summed E-state index contributed by atoms with van der Waals surface area (Å²) in [5.41, 5.74) is 1.63. The lowest BCUT2D eigenvalue weighted by molar-refractivity contribution is 0.291. The first kappa shape index (κ1) is 8.53. The monoisotopic (exact) mass is 201 g/mol. The first-order valence-corrected chi connectivity index (χ1v) is 5.13. The molecule has 3 rings (SSSR count). The molecule has 2 heterocycles. The molecule has 0 aliphatic carbocycles. The third-order valence-electron chi connectivity index (χ3n) is 2.79. The smallest absolute Gasteiger partial charge is 0.255 e. The van der Waals surface area contributed by atoms with Gasteiger partial charge in [-0.15, -0.1) is 0 Å². The molecule has 15 heavy (non-hydrogen) atoms. The molecule has 3 nitrogen and oxygen atoms in total. The molecule has 1 N–H and O–H groups in total. The number of aromatic amines is 1. The van der Waals surface area contributed by atoms with Gasteiger partial charge in [0.15, 0.2) is 0 Å². The normalized spacial score (nSPS) is 14.7. The number of nitrogens with one attached hydrogen (secondary N) is 1. The van der Waals surface area contributed by atoms with Crippen LogP contribution in [-0.2, 0) is 6.42 Å². The number of ether oxygens (including phenoxy) is 1. The van der Waals surface area contributed by atoms with Crippen molar-refractivity contribution in [1.82, 2.24) is 4.98 Å². The molecule has 0 unspecified atom stereocenters. The molecule has 1 aromatic heterocycles. The standard InChI is InChI=1S/C12H11NO2/c14-12-9-5-3-7-15-11(9)8-4-1-2-6-10(8)13-12/h1-2,4,6H,3,5,7H2,(H,13,14). The predicted octanol–water partition coefficient (Wildman–Crippen LogP) is 1.85. The third kappa shape index (κ3) is 1.23. The van der Waals surface area contributed by atoms with E-state index in [4.69, 9.17) is 4.74 Å². The van der Waals surface area contributed by atoms with Gasteiger partial charge in [0.05, 0.1) is 17.7 Å². The first-order valence-electron chi connectivity index (χ1n) is 5.13. The van der Waals surface area contributed by atoms with Crippen LogP contribution >= 0.6 is 0 Å². The highest BCUT2D eigenvalue weighted by Gasteiger charge is 2.16. The maximum absolute atomic E-state index is 11.7. The van der Waals surface area contributed by atoms with Crippen LogP contribution in [0, 0.1) is 0 Å². The van der Waals surface area contributed by atoms with Gasteiger partial charge in [-0.3, -0.25) is 4.79 Å². The Bertz CT molecular complexity index is 571. The number of aromatic nitrogens is 1. The Balaban J connectivity index is 2.44. The minimum atomic E-state index is -0.0107. The zero-order valence-corrected chi connectivity index (χ0v) is 8.25. The van der Waals surface area contributed by atoms with Crippen LogP contribution in [0.2, 0.25) is 0 Å². The first-order chi connectivity index (χ1) is 7.36. The molecule has 0 spiro atoms. The van der Waals surface area contributed by atoms with Crippen LogP contribution in [0.5, 0.6) is 5.75 Å². The molecule has 0 atom stereocenters. The minimum absolute atomic E-state index is 0.0107. The van der Waals surface area contributed by atoms with E-state index in [0.29, 0.717) is 6.61 Å². The van der Waals surface area contributed by atoms with Crippen LogP contribution in [0.3, 0.4) is 0 Å². The maximum Gasteiger partial charge on any atom is 0.255 e. The van der Waals surface area contributed by atoms with Gasteiger partial charge in [-0.25, -0.2) is 0 Å². The van der Waals surface area contributed by atoms with Gasteiger partial charge < -0.3 is 9.72 Å². The van der Waals surface area contributed by atoms with E-state index in [-0.39, 0.29) is 5.56 Å². The molecule has 2 aromatic rings. The Morgan fingerprint density at radius 1 is 1.27 bits per heavy atom. The lowest BCUT2D eigenvalue weighted by Crippen LogP contribution is -2.20. The fourth-order valence-electron chi connectivity index (χ4n) is 2.07. The fourth-order valence-corrected chi connectivity index (χ4v) is 2.07. The zero-order valence-electron chi connectivity index (χ0n) is 8.25. The topological polar surface area (TPSA) is 42.1 Å². The Labute approximate surface area is 86.7 Å². The lowest BCUT2D eigenvalue weighted by atomic mass is 10.0. The molecule has 1 aliphatic rings. The Kier molecular flexibility index (Phi) is 1.78. The summed E-state index contributed by atoms with van der Waals surface area (Å²) in [4.78, 5) is 14.6. The van der Waals surface area contributed by atoms with Gasteiger partial charge in [0.2, 0.25) is 0 Å². The molecule has 3 heteroatoms. The van der Waals surface area contributed by atoms with Crippen molar-refractivity contribution in [2.45, 2.75) is 12.8 Å². The third-order valence-corrected chi connectivity index (χ3v) is 2.79. The molecule has 0 fully saturated rings. The van der Waals surface area contributed by atoms with Crippen LogP contribution in [0.15, 0.2) is 29.1 Å². The van der Waals surface area contributed by atoms with E-state index in [9.17, 15) is 4.79 Å². The molecule has 1 aliphatic heterocycles. The maximum atomic E-state index is 11.7. The molecule has 1 aromatic carbocycles. The highest BCUT2D eigenvalue weighted by Crippen LogP contribution is 2.29. The van der Waals surface area contributed by atoms with Gasteiger partial charge in [-0.2, -0.15) is 0 Å². The van der Waals surface area contributed by atoms with Crippen molar-refractivity contribution >= 4 is 10.9 Å². The number of H-pyrrole nitrogens is 1. The highest BCUT2D eigenvalue weighted by molar-refractivity contribution is 5.86. The number of pyridine rings is 1. The van der Waals surface area contributed by atoms with Crippen LogP contribution in [0.25, 0.3) is 10.9 Å². The van der Waals surface area contributed by atoms with E-state index in [2.05, 4.69) is 4.98 Å². The molecule has 0 amide bonds. The number of hydrogen-bond acceptors (Lipinski definition) is 2. The largest absolute Gasteiger partial charge is 0.492 e. The number of rotatable bonds is 0. The van der Waals surface area contributed by atoms with E-state index < -0.39 is 0 Å². The van der Waals surface area contributed by atoms with Crippen molar-refractivity contribution in [1.29, 1.82) is 0 Å². The summed E-state index contributed by atoms with van der Waals surface area (Å²) in [5, 5.41) is 1.01. The van der Waals surface area contributed by atoms with Crippen molar-refractivity contribution in [3.8, 4) is 5.75 Å². The van der Waals surface area contributed by atoms with Gasteiger partial charge in [0.25, 0.3) is 5.56 Å². The van der Waals surface area contributed by atoms with Gasteiger partial charge in [0, 0.05) is 5.39 Å². The molecule has 0 saturated heterocycles. The Morgan fingerprint density at radius 2 is 2.13 bits per heavy atom. The van der Waals surface area contributed by atoms with E-state index in [1.54, 1.807) is 0 Å². The van der Waals surface area contributed by atoms with Crippen molar-refractivity contribution < 1.29 is 4.74 Å². The number of hydrogen-bond donors (Lipinski definition) is 1. The number of benzene rings is 1. The quantitative estimate of drug-likeness (QED) is 0.706. The highest BCUT2D eigenvalue weighted by atomic mass is 16.5.